The smallest absolute Gasteiger partial charge is 0.179 e. The molecule has 4 nitrogen and oxygen atoms in total. The number of sulfone groups is 1. The van der Waals surface area contributed by atoms with Crippen LogP contribution in [0.1, 0.15) is 24.8 Å². The minimum atomic E-state index is -3.22. The van der Waals surface area contributed by atoms with Gasteiger partial charge in [-0.15, -0.1) is 0 Å². The van der Waals surface area contributed by atoms with Gasteiger partial charge in [0, 0.05) is 17.5 Å². The standard InChI is InChI=1S/C12H17NO3S/c1-8(13-2)6-9-7-17(15,16)11-5-3-4-10(14)12(9)11/h3-5,8-9,13-14H,6-7H2,1-2H3. The average molecular weight is 255 g/mol. The molecule has 0 bridgehead atoms. The summed E-state index contributed by atoms with van der Waals surface area (Å²) in [6, 6.07) is 4.93. The molecule has 2 atom stereocenters. The lowest BCUT2D eigenvalue weighted by Gasteiger charge is -2.16. The van der Waals surface area contributed by atoms with Crippen LogP contribution >= 0.6 is 0 Å². The molecule has 1 aromatic carbocycles. The number of aromatic hydroxyl groups is 1. The first kappa shape index (κ1) is 12.4. The van der Waals surface area contributed by atoms with E-state index in [4.69, 9.17) is 0 Å². The third kappa shape index (κ3) is 2.17. The van der Waals surface area contributed by atoms with Crippen molar-refractivity contribution in [1.29, 1.82) is 0 Å². The fourth-order valence-corrected chi connectivity index (χ4v) is 4.29. The lowest BCUT2D eigenvalue weighted by molar-refractivity contribution is 0.450. The maximum atomic E-state index is 12.0. The summed E-state index contributed by atoms with van der Waals surface area (Å²) >= 11 is 0. The average Bonchev–Trinajstić information content (AvgIpc) is 2.52. The summed E-state index contributed by atoms with van der Waals surface area (Å²) in [5, 5.41) is 12.9. The van der Waals surface area contributed by atoms with Crippen molar-refractivity contribution in [2.45, 2.75) is 30.2 Å². The van der Waals surface area contributed by atoms with Gasteiger partial charge in [0.05, 0.1) is 10.6 Å². The van der Waals surface area contributed by atoms with Gasteiger partial charge < -0.3 is 10.4 Å². The number of benzene rings is 1. The van der Waals surface area contributed by atoms with Gasteiger partial charge in [-0.2, -0.15) is 0 Å². The predicted molar refractivity (Wildman–Crippen MR) is 66.0 cm³/mol. The molecule has 0 saturated heterocycles. The Morgan fingerprint density at radius 2 is 2.24 bits per heavy atom. The normalized spacial score (nSPS) is 23.3. The third-order valence-electron chi connectivity index (χ3n) is 3.34. The van der Waals surface area contributed by atoms with E-state index in [2.05, 4.69) is 5.32 Å². The second-order valence-electron chi connectivity index (χ2n) is 4.59. The van der Waals surface area contributed by atoms with Crippen molar-refractivity contribution in [3.05, 3.63) is 23.8 Å². The van der Waals surface area contributed by atoms with E-state index < -0.39 is 9.84 Å². The third-order valence-corrected chi connectivity index (χ3v) is 5.21. The molecule has 2 N–H and O–H groups in total. The molecular weight excluding hydrogens is 238 g/mol. The summed E-state index contributed by atoms with van der Waals surface area (Å²) in [6.45, 7) is 2.00. The number of phenols is 1. The molecule has 17 heavy (non-hydrogen) atoms. The van der Waals surface area contributed by atoms with Gasteiger partial charge in [-0.3, -0.25) is 0 Å². The zero-order chi connectivity index (χ0) is 12.6. The van der Waals surface area contributed by atoms with Crippen molar-refractivity contribution >= 4 is 9.84 Å². The maximum absolute atomic E-state index is 12.0. The van der Waals surface area contributed by atoms with Crippen LogP contribution in [0.15, 0.2) is 23.1 Å². The Labute approximate surface area is 102 Å². The highest BCUT2D eigenvalue weighted by atomic mass is 32.2. The Balaban J connectivity index is 2.43. The molecule has 0 radical (unpaired) electrons. The highest BCUT2D eigenvalue weighted by Crippen LogP contribution is 2.42. The molecule has 2 unspecified atom stereocenters. The Bertz CT molecular complexity index is 525. The highest BCUT2D eigenvalue weighted by molar-refractivity contribution is 7.91. The first-order valence-corrected chi connectivity index (χ1v) is 7.33. The summed E-state index contributed by atoms with van der Waals surface area (Å²) in [5.74, 6) is 0.0851. The van der Waals surface area contributed by atoms with Gasteiger partial charge in [0.2, 0.25) is 0 Å². The molecule has 0 aromatic heterocycles. The van der Waals surface area contributed by atoms with E-state index in [9.17, 15) is 13.5 Å². The fraction of sp³-hybridized carbons (Fsp3) is 0.500. The minimum Gasteiger partial charge on any atom is -0.508 e. The molecule has 2 rings (SSSR count). The summed E-state index contributed by atoms with van der Waals surface area (Å²) in [7, 11) is -1.37. The van der Waals surface area contributed by atoms with Crippen molar-refractivity contribution in [2.24, 2.45) is 0 Å². The number of rotatable bonds is 3. The summed E-state index contributed by atoms with van der Waals surface area (Å²) < 4.78 is 23.9. The van der Waals surface area contributed by atoms with Crippen LogP contribution in [-0.4, -0.2) is 32.4 Å². The SMILES string of the molecule is CNC(C)CC1CS(=O)(=O)c2cccc(O)c21. The van der Waals surface area contributed by atoms with E-state index in [1.54, 1.807) is 18.2 Å². The quantitative estimate of drug-likeness (QED) is 0.853. The second-order valence-corrected chi connectivity index (χ2v) is 6.60. The summed E-state index contributed by atoms with van der Waals surface area (Å²) in [6.07, 6.45) is 0.709. The van der Waals surface area contributed by atoms with Crippen molar-refractivity contribution in [3.8, 4) is 5.75 Å². The second kappa shape index (κ2) is 4.31. The first-order chi connectivity index (χ1) is 7.95. The molecular formula is C12H17NO3S. The van der Waals surface area contributed by atoms with E-state index in [0.717, 1.165) is 0 Å². The summed E-state index contributed by atoms with van der Waals surface area (Å²) in [5.41, 5.74) is 0.592. The topological polar surface area (TPSA) is 66.4 Å². The molecule has 1 aromatic rings. The van der Waals surface area contributed by atoms with Gasteiger partial charge in [-0.1, -0.05) is 6.07 Å². The number of fused-ring (bicyclic) bond motifs is 1. The lowest BCUT2D eigenvalue weighted by Crippen LogP contribution is -2.24. The van der Waals surface area contributed by atoms with Crippen molar-refractivity contribution < 1.29 is 13.5 Å². The van der Waals surface area contributed by atoms with Gasteiger partial charge in [-0.25, -0.2) is 8.42 Å². The predicted octanol–water partition coefficient (Wildman–Crippen LogP) is 1.26. The van der Waals surface area contributed by atoms with Gasteiger partial charge in [0.15, 0.2) is 9.84 Å². The van der Waals surface area contributed by atoms with Crippen LogP contribution in [0.2, 0.25) is 0 Å². The van der Waals surface area contributed by atoms with E-state index >= 15 is 0 Å². The molecule has 1 aliphatic rings. The van der Waals surface area contributed by atoms with Crippen LogP contribution < -0.4 is 5.32 Å². The molecule has 94 valence electrons. The Kier molecular flexibility index (Phi) is 3.14. The van der Waals surface area contributed by atoms with Crippen LogP contribution in [0.5, 0.6) is 5.75 Å². The molecule has 0 aliphatic carbocycles. The van der Waals surface area contributed by atoms with Crippen LogP contribution in [0.4, 0.5) is 0 Å². The fourth-order valence-electron chi connectivity index (χ4n) is 2.38. The molecule has 0 spiro atoms. The maximum Gasteiger partial charge on any atom is 0.179 e. The molecule has 5 heteroatoms. The monoisotopic (exact) mass is 255 g/mol. The van der Waals surface area contributed by atoms with E-state index in [1.807, 2.05) is 14.0 Å². The van der Waals surface area contributed by atoms with Crippen molar-refractivity contribution in [2.75, 3.05) is 12.8 Å². The summed E-state index contributed by atoms with van der Waals surface area (Å²) in [4.78, 5) is 0.297. The lowest BCUT2D eigenvalue weighted by atomic mass is 9.94. The minimum absolute atomic E-state index is 0.0943. The molecule has 0 saturated carbocycles. The molecule has 0 fully saturated rings. The van der Waals surface area contributed by atoms with Crippen LogP contribution in [0.3, 0.4) is 0 Å². The Morgan fingerprint density at radius 3 is 2.88 bits per heavy atom. The van der Waals surface area contributed by atoms with E-state index in [1.165, 1.54) is 0 Å². The number of hydrogen-bond donors (Lipinski definition) is 2. The first-order valence-electron chi connectivity index (χ1n) is 5.67. The Hall–Kier alpha value is -1.07. The van der Waals surface area contributed by atoms with Gasteiger partial charge >= 0.3 is 0 Å². The Morgan fingerprint density at radius 1 is 1.53 bits per heavy atom. The number of hydrogen-bond acceptors (Lipinski definition) is 4. The van der Waals surface area contributed by atoms with Gasteiger partial charge in [-0.05, 0) is 32.5 Å². The largest absolute Gasteiger partial charge is 0.508 e. The molecule has 0 amide bonds. The number of phenolic OH excluding ortho intramolecular Hbond substituents is 1. The zero-order valence-corrected chi connectivity index (χ0v) is 10.8. The zero-order valence-electron chi connectivity index (χ0n) is 9.97. The van der Waals surface area contributed by atoms with Crippen molar-refractivity contribution in [3.63, 3.8) is 0 Å². The molecule has 1 aliphatic heterocycles. The van der Waals surface area contributed by atoms with Gasteiger partial charge in [0.1, 0.15) is 5.75 Å². The highest BCUT2D eigenvalue weighted by Gasteiger charge is 2.37. The van der Waals surface area contributed by atoms with Crippen LogP contribution in [0, 0.1) is 0 Å². The van der Waals surface area contributed by atoms with E-state index in [0.29, 0.717) is 16.9 Å². The molecule has 1 heterocycles. The van der Waals surface area contributed by atoms with Crippen LogP contribution in [-0.2, 0) is 9.84 Å². The number of nitrogens with one attached hydrogen (secondary N) is 1. The van der Waals surface area contributed by atoms with Crippen LogP contribution in [0.25, 0.3) is 0 Å². The van der Waals surface area contributed by atoms with Crippen molar-refractivity contribution in [1.82, 2.24) is 5.32 Å². The van der Waals surface area contributed by atoms with Gasteiger partial charge in [0.25, 0.3) is 0 Å². The van der Waals surface area contributed by atoms with E-state index in [-0.39, 0.29) is 23.5 Å².